The second kappa shape index (κ2) is 7.94. The zero-order valence-electron chi connectivity index (χ0n) is 16.3. The predicted octanol–water partition coefficient (Wildman–Crippen LogP) is 3.31. The molecule has 3 aromatic rings. The SMILES string of the molecule is Cc1ccc(C(=O)N2CCN(Cc3nnc(-c4ccccc4)o3)CC2)cc1C. The summed E-state index contributed by atoms with van der Waals surface area (Å²) in [6.45, 7) is 7.68. The zero-order valence-corrected chi connectivity index (χ0v) is 16.3. The van der Waals surface area contributed by atoms with Gasteiger partial charge in [0.1, 0.15) is 0 Å². The lowest BCUT2D eigenvalue weighted by Crippen LogP contribution is -2.48. The van der Waals surface area contributed by atoms with Crippen LogP contribution in [0.1, 0.15) is 27.4 Å². The van der Waals surface area contributed by atoms with Crippen LogP contribution in [0.5, 0.6) is 0 Å². The quantitative estimate of drug-likeness (QED) is 0.699. The van der Waals surface area contributed by atoms with Gasteiger partial charge in [-0.1, -0.05) is 24.3 Å². The third kappa shape index (κ3) is 3.97. The lowest BCUT2D eigenvalue weighted by molar-refractivity contribution is 0.0618. The molecule has 4 rings (SSSR count). The fourth-order valence-corrected chi connectivity index (χ4v) is 3.37. The van der Waals surface area contributed by atoms with Crippen molar-refractivity contribution in [2.45, 2.75) is 20.4 Å². The molecule has 144 valence electrons. The fraction of sp³-hybridized carbons (Fsp3) is 0.318. The molecule has 0 atom stereocenters. The third-order valence-corrected chi connectivity index (χ3v) is 5.26. The van der Waals surface area contributed by atoms with Crippen molar-refractivity contribution < 1.29 is 9.21 Å². The van der Waals surface area contributed by atoms with E-state index in [2.05, 4.69) is 22.0 Å². The highest BCUT2D eigenvalue weighted by Gasteiger charge is 2.23. The number of nitrogens with zero attached hydrogens (tertiary/aromatic N) is 4. The van der Waals surface area contributed by atoms with E-state index in [-0.39, 0.29) is 5.91 Å². The molecule has 1 aromatic heterocycles. The molecule has 1 amide bonds. The maximum Gasteiger partial charge on any atom is 0.253 e. The van der Waals surface area contributed by atoms with Crippen LogP contribution < -0.4 is 0 Å². The highest BCUT2D eigenvalue weighted by atomic mass is 16.4. The van der Waals surface area contributed by atoms with Crippen molar-refractivity contribution >= 4 is 5.91 Å². The van der Waals surface area contributed by atoms with Gasteiger partial charge in [0.25, 0.3) is 5.91 Å². The molecule has 0 radical (unpaired) electrons. The predicted molar refractivity (Wildman–Crippen MR) is 107 cm³/mol. The molecule has 2 heterocycles. The number of carbonyl (C=O) groups excluding carboxylic acids is 1. The number of benzene rings is 2. The maximum atomic E-state index is 12.8. The molecule has 1 aliphatic rings. The van der Waals surface area contributed by atoms with Gasteiger partial charge >= 0.3 is 0 Å². The van der Waals surface area contributed by atoms with E-state index in [4.69, 9.17) is 4.42 Å². The van der Waals surface area contributed by atoms with Crippen molar-refractivity contribution in [3.63, 3.8) is 0 Å². The van der Waals surface area contributed by atoms with Gasteiger partial charge in [-0.05, 0) is 49.2 Å². The average molecular weight is 376 g/mol. The van der Waals surface area contributed by atoms with Gasteiger partial charge in [-0.15, -0.1) is 10.2 Å². The number of hydrogen-bond acceptors (Lipinski definition) is 5. The van der Waals surface area contributed by atoms with Gasteiger partial charge in [-0.2, -0.15) is 0 Å². The molecule has 28 heavy (non-hydrogen) atoms. The van der Waals surface area contributed by atoms with Gasteiger partial charge in [0, 0.05) is 37.3 Å². The van der Waals surface area contributed by atoms with E-state index < -0.39 is 0 Å². The normalized spacial score (nSPS) is 15.0. The molecule has 0 spiro atoms. The largest absolute Gasteiger partial charge is 0.419 e. The Hall–Kier alpha value is -2.99. The highest BCUT2D eigenvalue weighted by molar-refractivity contribution is 5.94. The molecule has 6 heteroatoms. The van der Waals surface area contributed by atoms with E-state index in [0.717, 1.165) is 29.8 Å². The Morgan fingerprint density at radius 3 is 2.43 bits per heavy atom. The topological polar surface area (TPSA) is 62.5 Å². The summed E-state index contributed by atoms with van der Waals surface area (Å²) in [4.78, 5) is 16.9. The Labute approximate surface area is 164 Å². The molecule has 0 bridgehead atoms. The van der Waals surface area contributed by atoms with Gasteiger partial charge in [0.2, 0.25) is 11.8 Å². The number of aromatic nitrogens is 2. The summed E-state index contributed by atoms with van der Waals surface area (Å²) >= 11 is 0. The van der Waals surface area contributed by atoms with Crippen LogP contribution in [0, 0.1) is 13.8 Å². The number of carbonyl (C=O) groups is 1. The summed E-state index contributed by atoms with van der Waals surface area (Å²) < 4.78 is 5.80. The first-order valence-corrected chi connectivity index (χ1v) is 9.57. The van der Waals surface area contributed by atoms with Crippen LogP contribution in [-0.2, 0) is 6.54 Å². The van der Waals surface area contributed by atoms with Crippen molar-refractivity contribution in [1.82, 2.24) is 20.0 Å². The van der Waals surface area contributed by atoms with Crippen LogP contribution in [0.2, 0.25) is 0 Å². The zero-order chi connectivity index (χ0) is 19.5. The minimum absolute atomic E-state index is 0.104. The summed E-state index contributed by atoms with van der Waals surface area (Å²) in [5, 5.41) is 8.31. The molecule has 6 nitrogen and oxygen atoms in total. The summed E-state index contributed by atoms with van der Waals surface area (Å²) in [5.41, 5.74) is 4.04. The molecule has 0 N–H and O–H groups in total. The number of hydrogen-bond donors (Lipinski definition) is 0. The molecule has 0 saturated carbocycles. The molecule has 1 fully saturated rings. The van der Waals surface area contributed by atoms with E-state index in [1.807, 2.05) is 60.4 Å². The van der Waals surface area contributed by atoms with Crippen molar-refractivity contribution in [2.75, 3.05) is 26.2 Å². The van der Waals surface area contributed by atoms with Crippen LogP contribution in [-0.4, -0.2) is 52.1 Å². The highest BCUT2D eigenvalue weighted by Crippen LogP contribution is 2.19. The molecule has 0 unspecified atom stereocenters. The van der Waals surface area contributed by atoms with Crippen molar-refractivity contribution in [2.24, 2.45) is 0 Å². The van der Waals surface area contributed by atoms with E-state index >= 15 is 0 Å². The van der Waals surface area contributed by atoms with Crippen LogP contribution in [0.4, 0.5) is 0 Å². The second-order valence-corrected chi connectivity index (χ2v) is 7.23. The molecule has 0 aliphatic carbocycles. The first-order valence-electron chi connectivity index (χ1n) is 9.57. The molecule has 1 saturated heterocycles. The van der Waals surface area contributed by atoms with E-state index in [0.29, 0.717) is 31.4 Å². The summed E-state index contributed by atoms with van der Waals surface area (Å²) in [5.74, 6) is 1.25. The molecular weight excluding hydrogens is 352 g/mol. The standard InChI is InChI=1S/C22H24N4O2/c1-16-8-9-19(14-17(16)2)22(27)26-12-10-25(11-13-26)15-20-23-24-21(28-20)18-6-4-3-5-7-18/h3-9,14H,10-13,15H2,1-2H3. The van der Waals surface area contributed by atoms with Gasteiger partial charge < -0.3 is 9.32 Å². The van der Waals surface area contributed by atoms with Crippen LogP contribution >= 0.6 is 0 Å². The van der Waals surface area contributed by atoms with Crippen LogP contribution in [0.25, 0.3) is 11.5 Å². The second-order valence-electron chi connectivity index (χ2n) is 7.23. The fourth-order valence-electron chi connectivity index (χ4n) is 3.37. The van der Waals surface area contributed by atoms with Crippen LogP contribution in [0.15, 0.2) is 52.9 Å². The third-order valence-electron chi connectivity index (χ3n) is 5.26. The lowest BCUT2D eigenvalue weighted by Gasteiger charge is -2.34. The van der Waals surface area contributed by atoms with Crippen molar-refractivity contribution in [3.8, 4) is 11.5 Å². The Kier molecular flexibility index (Phi) is 5.21. The lowest BCUT2D eigenvalue weighted by atomic mass is 10.1. The minimum Gasteiger partial charge on any atom is -0.419 e. The van der Waals surface area contributed by atoms with E-state index in [1.54, 1.807) is 0 Å². The summed E-state index contributed by atoms with van der Waals surface area (Å²) in [7, 11) is 0. The summed E-state index contributed by atoms with van der Waals surface area (Å²) in [6.07, 6.45) is 0. The summed E-state index contributed by atoms with van der Waals surface area (Å²) in [6, 6.07) is 15.7. The van der Waals surface area contributed by atoms with Crippen molar-refractivity contribution in [1.29, 1.82) is 0 Å². The first kappa shape index (κ1) is 18.4. The number of piperazine rings is 1. The molecular formula is C22H24N4O2. The van der Waals surface area contributed by atoms with Crippen molar-refractivity contribution in [3.05, 3.63) is 71.1 Å². The molecule has 2 aromatic carbocycles. The van der Waals surface area contributed by atoms with Gasteiger partial charge in [-0.3, -0.25) is 9.69 Å². The minimum atomic E-state index is 0.104. The van der Waals surface area contributed by atoms with Gasteiger partial charge in [-0.25, -0.2) is 0 Å². The Balaban J connectivity index is 1.34. The van der Waals surface area contributed by atoms with E-state index in [1.165, 1.54) is 5.56 Å². The van der Waals surface area contributed by atoms with Gasteiger partial charge in [0.05, 0.1) is 6.54 Å². The van der Waals surface area contributed by atoms with E-state index in [9.17, 15) is 4.79 Å². The first-order chi connectivity index (χ1) is 13.6. The monoisotopic (exact) mass is 376 g/mol. The maximum absolute atomic E-state index is 12.8. The Morgan fingerprint density at radius 2 is 1.71 bits per heavy atom. The van der Waals surface area contributed by atoms with Crippen LogP contribution in [0.3, 0.4) is 0 Å². The Morgan fingerprint density at radius 1 is 0.964 bits per heavy atom. The van der Waals surface area contributed by atoms with Gasteiger partial charge in [0.15, 0.2) is 0 Å². The number of amides is 1. The Bertz CT molecular complexity index is 960. The smallest absolute Gasteiger partial charge is 0.253 e. The number of aryl methyl sites for hydroxylation is 2. The number of rotatable bonds is 4. The average Bonchev–Trinajstić information content (AvgIpc) is 3.19. The molecule has 1 aliphatic heterocycles.